The number of aryl methyl sites for hydroxylation is 2. The maximum absolute atomic E-state index is 12.2. The van der Waals surface area contributed by atoms with Crippen LogP contribution in [0, 0.1) is 13.8 Å². The van der Waals surface area contributed by atoms with Gasteiger partial charge < -0.3 is 4.98 Å². The highest BCUT2D eigenvalue weighted by Crippen LogP contribution is 2.26. The van der Waals surface area contributed by atoms with Gasteiger partial charge in [-0.3, -0.25) is 4.79 Å². The predicted molar refractivity (Wildman–Crippen MR) is 90.5 cm³/mol. The van der Waals surface area contributed by atoms with Crippen molar-refractivity contribution in [3.8, 4) is 0 Å². The van der Waals surface area contributed by atoms with Gasteiger partial charge in [0.2, 0.25) is 0 Å². The molecule has 0 aliphatic carbocycles. The summed E-state index contributed by atoms with van der Waals surface area (Å²) < 4.78 is 0. The van der Waals surface area contributed by atoms with Crippen LogP contribution in [0.25, 0.3) is 0 Å². The van der Waals surface area contributed by atoms with E-state index in [0.717, 1.165) is 21.8 Å². The van der Waals surface area contributed by atoms with Gasteiger partial charge in [-0.25, -0.2) is 0 Å². The molecule has 1 aromatic heterocycles. The number of aromatic nitrogens is 1. The summed E-state index contributed by atoms with van der Waals surface area (Å²) in [5, 5.41) is 0. The molecule has 0 fully saturated rings. The lowest BCUT2D eigenvalue weighted by atomic mass is 9.87. The number of ketones is 1. The van der Waals surface area contributed by atoms with E-state index in [2.05, 4.69) is 50.0 Å². The van der Waals surface area contributed by atoms with Crippen molar-refractivity contribution in [1.29, 1.82) is 0 Å². The van der Waals surface area contributed by atoms with Crippen LogP contribution in [0.3, 0.4) is 0 Å². The molecule has 0 radical (unpaired) electrons. The van der Waals surface area contributed by atoms with Crippen LogP contribution in [-0.2, 0) is 5.41 Å². The molecule has 1 aromatic carbocycles. The van der Waals surface area contributed by atoms with Crippen LogP contribution in [0.4, 0.5) is 0 Å². The van der Waals surface area contributed by atoms with Gasteiger partial charge in [-0.05, 0) is 43.0 Å². The van der Waals surface area contributed by atoms with E-state index in [9.17, 15) is 4.79 Å². The SMILES string of the molecule is Cc1cc(C(=O)CSc2ccc(C(C)(C)C)cc2)c(C)[nH]1. The molecule has 1 heterocycles. The molecule has 2 nitrogen and oxygen atoms in total. The monoisotopic (exact) mass is 301 g/mol. The number of benzene rings is 1. The molecule has 0 atom stereocenters. The zero-order chi connectivity index (χ0) is 15.6. The molecule has 0 saturated carbocycles. The fourth-order valence-electron chi connectivity index (χ4n) is 2.29. The first kappa shape index (κ1) is 15.9. The van der Waals surface area contributed by atoms with Crippen molar-refractivity contribution >= 4 is 17.5 Å². The number of Topliss-reactive ketones (excluding diaryl/α,β-unsaturated/α-hetero) is 1. The van der Waals surface area contributed by atoms with Crippen molar-refractivity contribution in [1.82, 2.24) is 4.98 Å². The standard InChI is InChI=1S/C18H23NOS/c1-12-10-16(13(2)19-12)17(20)11-21-15-8-6-14(7-9-15)18(3,4)5/h6-10,19H,11H2,1-5H3. The lowest BCUT2D eigenvalue weighted by Crippen LogP contribution is -2.10. The summed E-state index contributed by atoms with van der Waals surface area (Å²) in [6.45, 7) is 10.5. The molecule has 0 unspecified atom stereocenters. The van der Waals surface area contributed by atoms with E-state index in [-0.39, 0.29) is 11.2 Å². The first-order valence-electron chi connectivity index (χ1n) is 7.20. The van der Waals surface area contributed by atoms with Gasteiger partial charge in [0.25, 0.3) is 0 Å². The van der Waals surface area contributed by atoms with Crippen molar-refractivity contribution < 1.29 is 4.79 Å². The molecule has 0 amide bonds. The summed E-state index contributed by atoms with van der Waals surface area (Å²) in [6.07, 6.45) is 0. The Morgan fingerprint density at radius 2 is 1.76 bits per heavy atom. The fraction of sp³-hybridized carbons (Fsp3) is 0.389. The zero-order valence-corrected chi connectivity index (χ0v) is 14.2. The van der Waals surface area contributed by atoms with Gasteiger partial charge in [0.1, 0.15) is 0 Å². The van der Waals surface area contributed by atoms with E-state index in [0.29, 0.717) is 5.75 Å². The number of hydrogen-bond acceptors (Lipinski definition) is 2. The number of thioether (sulfide) groups is 1. The van der Waals surface area contributed by atoms with Crippen molar-refractivity contribution in [2.75, 3.05) is 5.75 Å². The van der Waals surface area contributed by atoms with Gasteiger partial charge in [0.15, 0.2) is 5.78 Å². The topological polar surface area (TPSA) is 32.9 Å². The smallest absolute Gasteiger partial charge is 0.174 e. The van der Waals surface area contributed by atoms with Gasteiger partial charge in [-0.15, -0.1) is 11.8 Å². The molecule has 1 N–H and O–H groups in total. The normalized spacial score (nSPS) is 11.7. The minimum atomic E-state index is 0.165. The Morgan fingerprint density at radius 3 is 2.24 bits per heavy atom. The summed E-state index contributed by atoms with van der Waals surface area (Å²) in [5.41, 5.74) is 4.29. The molecular weight excluding hydrogens is 278 g/mol. The predicted octanol–water partition coefficient (Wildman–Crippen LogP) is 4.90. The molecule has 112 valence electrons. The summed E-state index contributed by atoms with van der Waals surface area (Å²) >= 11 is 1.60. The Bertz CT molecular complexity index is 632. The molecule has 21 heavy (non-hydrogen) atoms. The van der Waals surface area contributed by atoms with Gasteiger partial charge in [-0.1, -0.05) is 32.9 Å². The Morgan fingerprint density at radius 1 is 1.14 bits per heavy atom. The summed E-state index contributed by atoms with van der Waals surface area (Å²) in [6, 6.07) is 10.4. The van der Waals surface area contributed by atoms with E-state index in [1.165, 1.54) is 5.56 Å². The molecule has 2 aromatic rings. The number of nitrogens with one attached hydrogen (secondary N) is 1. The summed E-state index contributed by atoms with van der Waals surface area (Å²) in [5.74, 6) is 0.661. The van der Waals surface area contributed by atoms with Crippen molar-refractivity contribution in [3.63, 3.8) is 0 Å². The molecule has 0 spiro atoms. The first-order valence-corrected chi connectivity index (χ1v) is 8.18. The van der Waals surface area contributed by atoms with Crippen LogP contribution in [0.2, 0.25) is 0 Å². The molecule has 0 saturated heterocycles. The Labute approximate surface area is 131 Å². The Kier molecular flexibility index (Phi) is 4.62. The molecule has 0 aliphatic heterocycles. The van der Waals surface area contributed by atoms with Crippen LogP contribution in [0.1, 0.15) is 48.1 Å². The van der Waals surface area contributed by atoms with Gasteiger partial charge >= 0.3 is 0 Å². The number of hydrogen-bond donors (Lipinski definition) is 1. The summed E-state index contributed by atoms with van der Waals surface area (Å²) in [4.78, 5) is 16.6. The van der Waals surface area contributed by atoms with Gasteiger partial charge in [0.05, 0.1) is 5.75 Å². The van der Waals surface area contributed by atoms with Gasteiger partial charge in [-0.2, -0.15) is 0 Å². The second-order valence-electron chi connectivity index (χ2n) is 6.48. The minimum absolute atomic E-state index is 0.165. The molecule has 0 aliphatic rings. The zero-order valence-electron chi connectivity index (χ0n) is 13.4. The number of carbonyl (C=O) groups is 1. The molecular formula is C18H23NOS. The Hall–Kier alpha value is -1.48. The highest BCUT2D eigenvalue weighted by Gasteiger charge is 2.14. The van der Waals surface area contributed by atoms with Crippen LogP contribution in [0.15, 0.2) is 35.2 Å². The Balaban J connectivity index is 2.00. The lowest BCUT2D eigenvalue weighted by molar-refractivity contribution is 0.102. The maximum atomic E-state index is 12.2. The maximum Gasteiger partial charge on any atom is 0.174 e. The highest BCUT2D eigenvalue weighted by molar-refractivity contribution is 8.00. The van der Waals surface area contributed by atoms with Crippen LogP contribution in [0.5, 0.6) is 0 Å². The lowest BCUT2D eigenvalue weighted by Gasteiger charge is -2.19. The third-order valence-corrected chi connectivity index (χ3v) is 4.55. The highest BCUT2D eigenvalue weighted by atomic mass is 32.2. The van der Waals surface area contributed by atoms with E-state index in [1.54, 1.807) is 11.8 Å². The molecule has 2 rings (SSSR count). The molecule has 0 bridgehead atoms. The quantitative estimate of drug-likeness (QED) is 0.643. The first-order chi connectivity index (χ1) is 9.77. The van der Waals surface area contributed by atoms with Crippen LogP contribution >= 0.6 is 11.8 Å². The second-order valence-corrected chi connectivity index (χ2v) is 7.53. The van der Waals surface area contributed by atoms with Crippen molar-refractivity contribution in [2.24, 2.45) is 0 Å². The second kappa shape index (κ2) is 6.10. The summed E-state index contributed by atoms with van der Waals surface area (Å²) in [7, 11) is 0. The minimum Gasteiger partial charge on any atom is -0.362 e. The van der Waals surface area contributed by atoms with E-state index in [4.69, 9.17) is 0 Å². The third kappa shape index (κ3) is 4.01. The largest absolute Gasteiger partial charge is 0.362 e. The molecule has 3 heteroatoms. The van der Waals surface area contributed by atoms with Crippen molar-refractivity contribution in [2.45, 2.75) is 44.9 Å². The van der Waals surface area contributed by atoms with Crippen LogP contribution < -0.4 is 0 Å². The van der Waals surface area contributed by atoms with Crippen molar-refractivity contribution in [3.05, 3.63) is 52.8 Å². The average Bonchev–Trinajstić information content (AvgIpc) is 2.74. The number of aromatic amines is 1. The van der Waals surface area contributed by atoms with Crippen LogP contribution in [-0.4, -0.2) is 16.5 Å². The van der Waals surface area contributed by atoms with Gasteiger partial charge in [0, 0.05) is 21.8 Å². The average molecular weight is 301 g/mol. The van der Waals surface area contributed by atoms with E-state index < -0.39 is 0 Å². The fourth-order valence-corrected chi connectivity index (χ4v) is 3.07. The number of carbonyl (C=O) groups excluding carboxylic acids is 1. The van der Waals surface area contributed by atoms with E-state index in [1.807, 2.05) is 19.9 Å². The van der Waals surface area contributed by atoms with E-state index >= 15 is 0 Å². The number of rotatable bonds is 4. The number of H-pyrrole nitrogens is 1. The third-order valence-electron chi connectivity index (χ3n) is 3.54.